The average Bonchev–Trinajstić information content (AvgIpc) is 2.32. The van der Waals surface area contributed by atoms with Crippen LogP contribution in [0.2, 0.25) is 5.02 Å². The van der Waals surface area contributed by atoms with Crippen LogP contribution in [0, 0.1) is 5.82 Å². The second kappa shape index (κ2) is 4.67. The van der Waals surface area contributed by atoms with Crippen LogP contribution >= 0.6 is 11.6 Å². The van der Waals surface area contributed by atoms with Crippen LogP contribution in [0.5, 0.6) is 0 Å². The highest BCUT2D eigenvalue weighted by atomic mass is 35.5. The van der Waals surface area contributed by atoms with Crippen molar-refractivity contribution in [3.63, 3.8) is 0 Å². The van der Waals surface area contributed by atoms with Gasteiger partial charge in [-0.15, -0.1) is 0 Å². The van der Waals surface area contributed by atoms with Gasteiger partial charge in [0.25, 0.3) is 0 Å². The van der Waals surface area contributed by atoms with E-state index < -0.39 is 0 Å². The lowest BCUT2D eigenvalue weighted by Crippen LogP contribution is -1.85. The summed E-state index contributed by atoms with van der Waals surface area (Å²) in [5.74, 6) is -0.242. The average molecular weight is 235 g/mol. The Bertz CT molecular complexity index is 489. The van der Waals surface area contributed by atoms with Crippen molar-refractivity contribution in [1.29, 1.82) is 0 Å². The summed E-state index contributed by atoms with van der Waals surface area (Å²) in [5, 5.41) is 0.552. The predicted octanol–water partition coefficient (Wildman–Crippen LogP) is 4.71. The molecule has 0 unspecified atom stereocenters. The molecule has 2 heteroatoms. The van der Waals surface area contributed by atoms with Crippen LogP contribution in [0.25, 0.3) is 11.1 Å². The molecule has 82 valence electrons. The first-order valence-corrected chi connectivity index (χ1v) is 5.63. The Kier molecular flexibility index (Phi) is 3.25. The summed E-state index contributed by atoms with van der Waals surface area (Å²) in [5.41, 5.74) is 2.65. The van der Waals surface area contributed by atoms with Crippen molar-refractivity contribution in [3.05, 3.63) is 58.9 Å². The van der Waals surface area contributed by atoms with Crippen LogP contribution in [-0.4, -0.2) is 0 Å². The Balaban J connectivity index is 2.45. The van der Waals surface area contributed by atoms with Gasteiger partial charge in [0.05, 0.1) is 0 Å². The van der Waals surface area contributed by atoms with Gasteiger partial charge < -0.3 is 0 Å². The minimum Gasteiger partial charge on any atom is -0.206 e. The van der Waals surface area contributed by atoms with E-state index in [9.17, 15) is 4.39 Å². The van der Waals surface area contributed by atoms with E-state index >= 15 is 0 Å². The number of hydrogen-bond donors (Lipinski definition) is 0. The smallest absolute Gasteiger partial charge is 0.131 e. The van der Waals surface area contributed by atoms with Gasteiger partial charge >= 0.3 is 0 Å². The van der Waals surface area contributed by atoms with Crippen LogP contribution in [0.4, 0.5) is 4.39 Å². The molecule has 0 spiro atoms. The van der Waals surface area contributed by atoms with Gasteiger partial charge in [0.1, 0.15) is 5.82 Å². The van der Waals surface area contributed by atoms with Gasteiger partial charge in [-0.2, -0.15) is 0 Å². The van der Waals surface area contributed by atoms with Crippen LogP contribution in [-0.2, 0) is 6.42 Å². The molecule has 2 aromatic rings. The lowest BCUT2D eigenvalue weighted by molar-refractivity contribution is 0.631. The van der Waals surface area contributed by atoms with Crippen molar-refractivity contribution in [3.8, 4) is 11.1 Å². The van der Waals surface area contributed by atoms with Gasteiger partial charge in [-0.3, -0.25) is 0 Å². The second-order valence-electron chi connectivity index (χ2n) is 3.67. The molecule has 0 N–H and O–H groups in total. The maximum atomic E-state index is 13.6. The van der Waals surface area contributed by atoms with Crippen LogP contribution in [0.1, 0.15) is 12.5 Å². The molecular weight excluding hydrogens is 223 g/mol. The molecule has 0 aliphatic rings. The Morgan fingerprint density at radius 2 is 1.75 bits per heavy atom. The molecule has 0 nitrogen and oxygen atoms in total. The molecule has 0 bridgehead atoms. The van der Waals surface area contributed by atoms with E-state index in [-0.39, 0.29) is 5.82 Å². The fraction of sp³-hybridized carbons (Fsp3) is 0.143. The highest BCUT2D eigenvalue weighted by Gasteiger charge is 2.05. The summed E-state index contributed by atoms with van der Waals surface area (Å²) in [6.07, 6.45) is 0.984. The van der Waals surface area contributed by atoms with Crippen LogP contribution in [0.15, 0.2) is 42.5 Å². The molecule has 0 saturated heterocycles. The molecule has 0 radical (unpaired) electrons. The molecule has 0 aliphatic carbocycles. The maximum Gasteiger partial charge on any atom is 0.131 e. The highest BCUT2D eigenvalue weighted by Crippen LogP contribution is 2.26. The summed E-state index contributed by atoms with van der Waals surface area (Å²) >= 11 is 5.86. The monoisotopic (exact) mass is 234 g/mol. The van der Waals surface area contributed by atoms with E-state index in [1.54, 1.807) is 12.1 Å². The van der Waals surface area contributed by atoms with Crippen molar-refractivity contribution >= 4 is 11.6 Å². The van der Waals surface area contributed by atoms with E-state index in [1.165, 1.54) is 11.6 Å². The number of rotatable bonds is 2. The fourth-order valence-corrected chi connectivity index (χ4v) is 1.81. The van der Waals surface area contributed by atoms with Gasteiger partial charge in [-0.05, 0) is 35.7 Å². The molecule has 0 aliphatic heterocycles. The van der Waals surface area contributed by atoms with Crippen molar-refractivity contribution in [2.24, 2.45) is 0 Å². The van der Waals surface area contributed by atoms with Crippen molar-refractivity contribution in [2.75, 3.05) is 0 Å². The molecule has 2 aromatic carbocycles. The minimum atomic E-state index is -0.242. The van der Waals surface area contributed by atoms with Crippen molar-refractivity contribution < 1.29 is 4.39 Å². The molecule has 0 aromatic heterocycles. The Morgan fingerprint density at radius 3 is 2.38 bits per heavy atom. The molecule has 16 heavy (non-hydrogen) atoms. The van der Waals surface area contributed by atoms with E-state index in [4.69, 9.17) is 11.6 Å². The van der Waals surface area contributed by atoms with Gasteiger partial charge in [0, 0.05) is 10.6 Å². The second-order valence-corrected chi connectivity index (χ2v) is 4.11. The largest absolute Gasteiger partial charge is 0.206 e. The zero-order valence-electron chi connectivity index (χ0n) is 9.00. The highest BCUT2D eigenvalue weighted by molar-refractivity contribution is 6.30. The van der Waals surface area contributed by atoms with Crippen molar-refractivity contribution in [1.82, 2.24) is 0 Å². The standard InChI is InChI=1S/C14H12ClF/c1-2-10-3-5-11(6-4-10)13-9-12(15)7-8-14(13)16/h3-9H,2H2,1H3. The lowest BCUT2D eigenvalue weighted by atomic mass is 10.0. The predicted molar refractivity (Wildman–Crippen MR) is 66.2 cm³/mol. The van der Waals surface area contributed by atoms with Gasteiger partial charge in [-0.25, -0.2) is 4.39 Å². The molecule has 0 fully saturated rings. The third kappa shape index (κ3) is 2.25. The SMILES string of the molecule is CCc1ccc(-c2cc(Cl)ccc2F)cc1. The Labute approximate surface area is 99.7 Å². The van der Waals surface area contributed by atoms with Gasteiger partial charge in [-0.1, -0.05) is 42.8 Å². The molecule has 2 rings (SSSR count). The molecule has 0 atom stereocenters. The molecule has 0 amide bonds. The Morgan fingerprint density at radius 1 is 1.06 bits per heavy atom. The minimum absolute atomic E-state index is 0.242. The fourth-order valence-electron chi connectivity index (χ4n) is 1.64. The normalized spacial score (nSPS) is 10.4. The third-order valence-corrected chi connectivity index (χ3v) is 2.84. The summed E-state index contributed by atoms with van der Waals surface area (Å²) in [6.45, 7) is 2.09. The zero-order valence-corrected chi connectivity index (χ0v) is 9.76. The van der Waals surface area contributed by atoms with Gasteiger partial charge in [0.15, 0.2) is 0 Å². The number of benzene rings is 2. The van der Waals surface area contributed by atoms with E-state index in [2.05, 4.69) is 6.92 Å². The number of halogens is 2. The number of hydrogen-bond acceptors (Lipinski definition) is 0. The summed E-state index contributed by atoms with van der Waals surface area (Å²) < 4.78 is 13.6. The first kappa shape index (κ1) is 11.2. The maximum absolute atomic E-state index is 13.6. The topological polar surface area (TPSA) is 0 Å². The van der Waals surface area contributed by atoms with E-state index in [0.717, 1.165) is 12.0 Å². The van der Waals surface area contributed by atoms with Crippen LogP contribution in [0.3, 0.4) is 0 Å². The van der Waals surface area contributed by atoms with E-state index in [0.29, 0.717) is 10.6 Å². The third-order valence-electron chi connectivity index (χ3n) is 2.60. The van der Waals surface area contributed by atoms with E-state index in [1.807, 2.05) is 24.3 Å². The van der Waals surface area contributed by atoms with Gasteiger partial charge in [0.2, 0.25) is 0 Å². The number of aryl methyl sites for hydroxylation is 1. The summed E-state index contributed by atoms with van der Waals surface area (Å²) in [4.78, 5) is 0. The lowest BCUT2D eigenvalue weighted by Gasteiger charge is -2.05. The molecule has 0 heterocycles. The molecule has 0 saturated carbocycles. The first-order chi connectivity index (χ1) is 7.70. The first-order valence-electron chi connectivity index (χ1n) is 5.25. The van der Waals surface area contributed by atoms with Crippen LogP contribution < -0.4 is 0 Å². The molecular formula is C14H12ClF. The zero-order chi connectivity index (χ0) is 11.5. The quantitative estimate of drug-likeness (QED) is 0.706. The van der Waals surface area contributed by atoms with Crippen molar-refractivity contribution in [2.45, 2.75) is 13.3 Å². The summed E-state index contributed by atoms with van der Waals surface area (Å²) in [6, 6.07) is 12.5. The summed E-state index contributed by atoms with van der Waals surface area (Å²) in [7, 11) is 0. The Hall–Kier alpha value is -1.34.